The van der Waals surface area contributed by atoms with Crippen molar-refractivity contribution < 1.29 is 0 Å². The van der Waals surface area contributed by atoms with E-state index in [1.807, 2.05) is 37.4 Å². The molecule has 94 valence electrons. The number of nitrogens with two attached hydrogens (primary N) is 1. The zero-order valence-electron chi connectivity index (χ0n) is 10.6. The second-order valence-electron chi connectivity index (χ2n) is 4.49. The first-order chi connectivity index (χ1) is 9.22. The van der Waals surface area contributed by atoms with Crippen LogP contribution in [-0.2, 0) is 0 Å². The summed E-state index contributed by atoms with van der Waals surface area (Å²) in [7, 11) is 0. The third kappa shape index (κ3) is 2.33. The number of hydrogen-bond acceptors (Lipinski definition) is 4. The SMILES string of the molecule is Cc1cnc(Nc2ccc3cnccc3c2)cc1N. The monoisotopic (exact) mass is 250 g/mol. The fraction of sp³-hybridized carbons (Fsp3) is 0.0667. The Balaban J connectivity index is 1.94. The van der Waals surface area contributed by atoms with Gasteiger partial charge >= 0.3 is 0 Å². The van der Waals surface area contributed by atoms with Crippen LogP contribution in [0, 0.1) is 6.92 Å². The summed E-state index contributed by atoms with van der Waals surface area (Å²) in [5, 5.41) is 5.51. The molecule has 19 heavy (non-hydrogen) atoms. The molecule has 4 nitrogen and oxygen atoms in total. The number of aryl methyl sites for hydroxylation is 1. The zero-order chi connectivity index (χ0) is 13.2. The highest BCUT2D eigenvalue weighted by atomic mass is 15.0. The third-order valence-corrected chi connectivity index (χ3v) is 3.06. The Kier molecular flexibility index (Phi) is 2.76. The number of nitrogens with zero attached hydrogens (tertiary/aromatic N) is 2. The molecule has 0 saturated heterocycles. The number of anilines is 3. The molecular weight excluding hydrogens is 236 g/mol. The molecule has 0 saturated carbocycles. The Bertz CT molecular complexity index is 737. The number of benzene rings is 1. The van der Waals surface area contributed by atoms with Crippen LogP contribution in [0.1, 0.15) is 5.56 Å². The molecule has 2 aromatic heterocycles. The van der Waals surface area contributed by atoms with Crippen molar-refractivity contribution in [2.45, 2.75) is 6.92 Å². The molecule has 0 aliphatic heterocycles. The Morgan fingerprint density at radius 2 is 1.95 bits per heavy atom. The van der Waals surface area contributed by atoms with Crippen LogP contribution in [0.2, 0.25) is 0 Å². The third-order valence-electron chi connectivity index (χ3n) is 3.06. The number of aromatic nitrogens is 2. The number of rotatable bonds is 2. The molecule has 4 heteroatoms. The van der Waals surface area contributed by atoms with E-state index in [2.05, 4.69) is 21.4 Å². The van der Waals surface area contributed by atoms with E-state index in [0.29, 0.717) is 0 Å². The summed E-state index contributed by atoms with van der Waals surface area (Å²) in [6, 6.07) is 9.92. The first-order valence-electron chi connectivity index (χ1n) is 6.05. The van der Waals surface area contributed by atoms with E-state index in [-0.39, 0.29) is 0 Å². The van der Waals surface area contributed by atoms with Crippen molar-refractivity contribution in [2.24, 2.45) is 0 Å². The maximum atomic E-state index is 5.88. The van der Waals surface area contributed by atoms with Gasteiger partial charge in [-0.15, -0.1) is 0 Å². The van der Waals surface area contributed by atoms with E-state index >= 15 is 0 Å². The van der Waals surface area contributed by atoms with Gasteiger partial charge in [0.05, 0.1) is 0 Å². The summed E-state index contributed by atoms with van der Waals surface area (Å²) in [6.07, 6.45) is 5.40. The molecule has 0 aliphatic carbocycles. The van der Waals surface area contributed by atoms with Crippen molar-refractivity contribution in [3.8, 4) is 0 Å². The quantitative estimate of drug-likeness (QED) is 0.732. The van der Waals surface area contributed by atoms with E-state index < -0.39 is 0 Å². The molecule has 0 amide bonds. The van der Waals surface area contributed by atoms with Crippen molar-refractivity contribution in [3.63, 3.8) is 0 Å². The lowest BCUT2D eigenvalue weighted by atomic mass is 10.1. The molecule has 0 unspecified atom stereocenters. The lowest BCUT2D eigenvalue weighted by Crippen LogP contribution is -1.97. The summed E-state index contributed by atoms with van der Waals surface area (Å²) in [5.41, 5.74) is 8.58. The first kappa shape index (κ1) is 11.5. The Hall–Kier alpha value is -2.62. The average molecular weight is 250 g/mol. The minimum atomic E-state index is 0.738. The minimum Gasteiger partial charge on any atom is -0.398 e. The molecule has 1 aromatic carbocycles. The van der Waals surface area contributed by atoms with E-state index in [1.165, 1.54) is 0 Å². The average Bonchev–Trinajstić information content (AvgIpc) is 2.43. The van der Waals surface area contributed by atoms with E-state index in [9.17, 15) is 0 Å². The normalized spacial score (nSPS) is 10.6. The summed E-state index contributed by atoms with van der Waals surface area (Å²) < 4.78 is 0. The molecule has 0 atom stereocenters. The molecule has 3 rings (SSSR count). The smallest absolute Gasteiger partial charge is 0.132 e. The fourth-order valence-corrected chi connectivity index (χ4v) is 1.92. The van der Waals surface area contributed by atoms with Crippen LogP contribution in [-0.4, -0.2) is 9.97 Å². The highest BCUT2D eigenvalue weighted by Gasteiger charge is 2.00. The maximum absolute atomic E-state index is 5.88. The van der Waals surface area contributed by atoms with Gasteiger partial charge in [-0.25, -0.2) is 4.98 Å². The van der Waals surface area contributed by atoms with Crippen LogP contribution in [0.15, 0.2) is 48.9 Å². The molecule has 0 bridgehead atoms. The Morgan fingerprint density at radius 1 is 1.05 bits per heavy atom. The highest BCUT2D eigenvalue weighted by Crippen LogP contribution is 2.22. The topological polar surface area (TPSA) is 63.8 Å². The highest BCUT2D eigenvalue weighted by molar-refractivity contribution is 5.85. The van der Waals surface area contributed by atoms with E-state index in [4.69, 9.17) is 5.73 Å². The standard InChI is InChI=1S/C15H14N4/c1-10-8-18-15(7-14(10)16)19-13-3-2-12-9-17-5-4-11(12)6-13/h2-9H,1H3,(H3,16,18,19). The zero-order valence-corrected chi connectivity index (χ0v) is 10.6. The van der Waals surface area contributed by atoms with Crippen LogP contribution in [0.25, 0.3) is 10.8 Å². The number of hydrogen-bond donors (Lipinski definition) is 2. The van der Waals surface area contributed by atoms with Gasteiger partial charge in [0, 0.05) is 41.4 Å². The maximum Gasteiger partial charge on any atom is 0.132 e. The van der Waals surface area contributed by atoms with Crippen molar-refractivity contribution >= 4 is 28.0 Å². The molecule has 3 aromatic rings. The van der Waals surface area contributed by atoms with Gasteiger partial charge in [-0.3, -0.25) is 4.98 Å². The molecule has 0 spiro atoms. The summed E-state index contributed by atoms with van der Waals surface area (Å²) >= 11 is 0. The van der Waals surface area contributed by atoms with Crippen LogP contribution in [0.5, 0.6) is 0 Å². The summed E-state index contributed by atoms with van der Waals surface area (Å²) in [6.45, 7) is 1.94. The lowest BCUT2D eigenvalue weighted by Gasteiger charge is -2.08. The van der Waals surface area contributed by atoms with Gasteiger partial charge in [-0.2, -0.15) is 0 Å². The van der Waals surface area contributed by atoms with Crippen molar-refractivity contribution in [2.75, 3.05) is 11.1 Å². The summed E-state index contributed by atoms with van der Waals surface area (Å²) in [4.78, 5) is 8.41. The fourth-order valence-electron chi connectivity index (χ4n) is 1.92. The van der Waals surface area contributed by atoms with Gasteiger partial charge in [0.2, 0.25) is 0 Å². The largest absolute Gasteiger partial charge is 0.398 e. The van der Waals surface area contributed by atoms with Gasteiger partial charge in [-0.1, -0.05) is 6.07 Å². The summed E-state index contributed by atoms with van der Waals surface area (Å²) in [5.74, 6) is 0.747. The Morgan fingerprint density at radius 3 is 2.79 bits per heavy atom. The number of nitrogens with one attached hydrogen (secondary N) is 1. The number of pyridine rings is 2. The lowest BCUT2D eigenvalue weighted by molar-refractivity contribution is 1.26. The van der Waals surface area contributed by atoms with Crippen molar-refractivity contribution in [3.05, 3.63) is 54.5 Å². The van der Waals surface area contributed by atoms with Crippen molar-refractivity contribution in [1.82, 2.24) is 9.97 Å². The number of fused-ring (bicyclic) bond motifs is 1. The van der Waals surface area contributed by atoms with Gasteiger partial charge in [-0.05, 0) is 36.1 Å². The van der Waals surface area contributed by atoms with Crippen LogP contribution in [0.4, 0.5) is 17.2 Å². The Labute approximate surface area is 111 Å². The van der Waals surface area contributed by atoms with E-state index in [0.717, 1.165) is 33.5 Å². The molecule has 0 aliphatic rings. The van der Waals surface area contributed by atoms with Gasteiger partial charge in [0.15, 0.2) is 0 Å². The van der Waals surface area contributed by atoms with Gasteiger partial charge in [0.1, 0.15) is 5.82 Å². The number of nitrogen functional groups attached to an aromatic ring is 1. The minimum absolute atomic E-state index is 0.738. The van der Waals surface area contributed by atoms with Gasteiger partial charge < -0.3 is 11.1 Å². The molecule has 2 heterocycles. The predicted molar refractivity (Wildman–Crippen MR) is 78.4 cm³/mol. The van der Waals surface area contributed by atoms with Gasteiger partial charge in [0.25, 0.3) is 0 Å². The molecule has 0 radical (unpaired) electrons. The van der Waals surface area contributed by atoms with E-state index in [1.54, 1.807) is 12.4 Å². The van der Waals surface area contributed by atoms with Crippen molar-refractivity contribution in [1.29, 1.82) is 0 Å². The predicted octanol–water partition coefficient (Wildman–Crippen LogP) is 3.26. The van der Waals surface area contributed by atoms with Crippen LogP contribution in [0.3, 0.4) is 0 Å². The van der Waals surface area contributed by atoms with Crippen LogP contribution >= 0.6 is 0 Å². The molecular formula is C15H14N4. The second-order valence-corrected chi connectivity index (χ2v) is 4.49. The van der Waals surface area contributed by atoms with Crippen LogP contribution < -0.4 is 11.1 Å². The second kappa shape index (κ2) is 4.57. The first-order valence-corrected chi connectivity index (χ1v) is 6.05. The molecule has 3 N–H and O–H groups in total. The molecule has 0 fully saturated rings.